The Hall–Kier alpha value is -1.64. The van der Waals surface area contributed by atoms with Gasteiger partial charge in [0.1, 0.15) is 0 Å². The van der Waals surface area contributed by atoms with E-state index in [-0.39, 0.29) is 12.0 Å². The molecule has 1 N–H and O–H groups in total. The first kappa shape index (κ1) is 14.3. The molecule has 0 unspecified atom stereocenters. The number of rotatable bonds is 2. The van der Waals surface area contributed by atoms with Gasteiger partial charge in [-0.2, -0.15) is 0 Å². The minimum atomic E-state index is -0.756. The third-order valence-electron chi connectivity index (χ3n) is 4.96. The van der Waals surface area contributed by atoms with E-state index in [4.69, 9.17) is 0 Å². The molecule has 0 spiro atoms. The van der Waals surface area contributed by atoms with Crippen LogP contribution in [0.5, 0.6) is 0 Å². The van der Waals surface area contributed by atoms with Crippen LogP contribution in [0.1, 0.15) is 30.5 Å². The topological polar surface area (TPSA) is 23.5 Å². The fourth-order valence-electron chi connectivity index (χ4n) is 3.68. The van der Waals surface area contributed by atoms with Gasteiger partial charge in [0.2, 0.25) is 0 Å². The predicted octanol–water partition coefficient (Wildman–Crippen LogP) is 3.59. The minimum Gasteiger partial charge on any atom is -0.385 e. The van der Waals surface area contributed by atoms with Crippen LogP contribution in [0.4, 0.5) is 0 Å². The van der Waals surface area contributed by atoms with E-state index in [9.17, 15) is 5.11 Å². The third-order valence-corrected chi connectivity index (χ3v) is 4.96. The lowest BCUT2D eigenvalue weighted by molar-refractivity contribution is -0.0952. The second-order valence-electron chi connectivity index (χ2n) is 6.17. The Balaban J connectivity index is 1.99. The number of hydrogen-bond donors (Lipinski definition) is 1. The molecule has 1 heterocycles. The zero-order chi connectivity index (χ0) is 14.9. The summed E-state index contributed by atoms with van der Waals surface area (Å²) in [6.07, 6.45) is 0.776. The molecule has 21 heavy (non-hydrogen) atoms. The van der Waals surface area contributed by atoms with E-state index in [2.05, 4.69) is 43.1 Å². The van der Waals surface area contributed by atoms with Crippen molar-refractivity contribution in [2.24, 2.45) is 5.92 Å². The first-order valence-electron chi connectivity index (χ1n) is 7.66. The van der Waals surface area contributed by atoms with Crippen molar-refractivity contribution in [3.8, 4) is 0 Å². The molecule has 2 heteroatoms. The fraction of sp³-hybridized carbons (Fsp3) is 0.368. The van der Waals surface area contributed by atoms with Gasteiger partial charge < -0.3 is 5.11 Å². The van der Waals surface area contributed by atoms with E-state index in [1.54, 1.807) is 0 Å². The first-order valence-corrected chi connectivity index (χ1v) is 7.66. The molecule has 0 radical (unpaired) electrons. The highest BCUT2D eigenvalue weighted by atomic mass is 16.3. The van der Waals surface area contributed by atoms with Gasteiger partial charge in [0.05, 0.1) is 5.60 Å². The normalized spacial score (nSPS) is 30.2. The highest BCUT2D eigenvalue weighted by molar-refractivity contribution is 5.28. The Morgan fingerprint density at radius 2 is 1.57 bits per heavy atom. The maximum absolute atomic E-state index is 11.3. The number of likely N-dealkylation sites (tertiary alicyclic amines) is 1. The summed E-state index contributed by atoms with van der Waals surface area (Å²) in [5, 5.41) is 11.3. The SMILES string of the molecule is C[C@H]1[C@H](c2ccccc2)N(C)CC[C@]1(O)c1ccccc1. The molecule has 0 bridgehead atoms. The Morgan fingerprint density at radius 1 is 1.00 bits per heavy atom. The summed E-state index contributed by atoms with van der Waals surface area (Å²) in [7, 11) is 2.15. The highest BCUT2D eigenvalue weighted by Crippen LogP contribution is 2.46. The van der Waals surface area contributed by atoms with Gasteiger partial charge in [0, 0.05) is 18.5 Å². The molecule has 3 rings (SSSR count). The zero-order valence-electron chi connectivity index (χ0n) is 12.7. The second-order valence-corrected chi connectivity index (χ2v) is 6.17. The predicted molar refractivity (Wildman–Crippen MR) is 85.9 cm³/mol. The van der Waals surface area contributed by atoms with E-state index >= 15 is 0 Å². The van der Waals surface area contributed by atoms with Gasteiger partial charge in [-0.1, -0.05) is 67.6 Å². The van der Waals surface area contributed by atoms with Crippen molar-refractivity contribution in [3.05, 3.63) is 71.8 Å². The molecule has 0 aromatic heterocycles. The summed E-state index contributed by atoms with van der Waals surface area (Å²) < 4.78 is 0. The van der Waals surface area contributed by atoms with Gasteiger partial charge in [0.25, 0.3) is 0 Å². The van der Waals surface area contributed by atoms with Gasteiger partial charge in [-0.3, -0.25) is 4.90 Å². The molecule has 2 aromatic carbocycles. The molecule has 3 atom stereocenters. The summed E-state index contributed by atoms with van der Waals surface area (Å²) in [5.74, 6) is 0.140. The van der Waals surface area contributed by atoms with E-state index in [1.165, 1.54) is 5.56 Å². The molecular formula is C19H23NO. The molecule has 2 nitrogen and oxygen atoms in total. The van der Waals surface area contributed by atoms with Crippen LogP contribution in [0.2, 0.25) is 0 Å². The number of nitrogens with zero attached hydrogens (tertiary/aromatic N) is 1. The van der Waals surface area contributed by atoms with Crippen molar-refractivity contribution in [3.63, 3.8) is 0 Å². The first-order chi connectivity index (χ1) is 10.1. The van der Waals surface area contributed by atoms with E-state index in [0.717, 1.165) is 18.5 Å². The Morgan fingerprint density at radius 3 is 2.19 bits per heavy atom. The molecule has 1 fully saturated rings. The van der Waals surface area contributed by atoms with Crippen LogP contribution in [0.15, 0.2) is 60.7 Å². The van der Waals surface area contributed by atoms with Crippen molar-refractivity contribution in [1.82, 2.24) is 4.90 Å². The van der Waals surface area contributed by atoms with Crippen LogP contribution in [-0.4, -0.2) is 23.6 Å². The quantitative estimate of drug-likeness (QED) is 0.909. The number of benzene rings is 2. The molecule has 0 amide bonds. The van der Waals surface area contributed by atoms with Crippen LogP contribution in [0, 0.1) is 5.92 Å². The van der Waals surface area contributed by atoms with E-state index in [1.807, 2.05) is 36.4 Å². The van der Waals surface area contributed by atoms with Crippen LogP contribution in [0.25, 0.3) is 0 Å². The van der Waals surface area contributed by atoms with Gasteiger partial charge >= 0.3 is 0 Å². The van der Waals surface area contributed by atoms with Crippen LogP contribution >= 0.6 is 0 Å². The average molecular weight is 281 g/mol. The molecule has 1 aliphatic rings. The van der Waals surface area contributed by atoms with Gasteiger partial charge in [-0.25, -0.2) is 0 Å². The van der Waals surface area contributed by atoms with E-state index in [0.29, 0.717) is 0 Å². The molecule has 0 saturated carbocycles. The minimum absolute atomic E-state index is 0.140. The van der Waals surface area contributed by atoms with Crippen molar-refractivity contribution in [2.45, 2.75) is 25.0 Å². The number of aliphatic hydroxyl groups is 1. The molecule has 1 saturated heterocycles. The summed E-state index contributed by atoms with van der Waals surface area (Å²) in [5.41, 5.74) is 1.56. The van der Waals surface area contributed by atoms with E-state index < -0.39 is 5.60 Å². The zero-order valence-corrected chi connectivity index (χ0v) is 12.7. The Bertz CT molecular complexity index is 583. The summed E-state index contributed by atoms with van der Waals surface area (Å²) in [6, 6.07) is 20.9. The molecule has 0 aliphatic carbocycles. The lowest BCUT2D eigenvalue weighted by Crippen LogP contribution is -2.49. The standard InChI is InChI=1S/C19H23NO/c1-15-18(16-9-5-3-6-10-16)20(2)14-13-19(15,21)17-11-7-4-8-12-17/h3-12,15,18,21H,13-14H2,1-2H3/t15-,18+,19+/m0/s1. The monoisotopic (exact) mass is 281 g/mol. The van der Waals surface area contributed by atoms with Crippen LogP contribution in [-0.2, 0) is 5.60 Å². The molecule has 110 valence electrons. The summed E-state index contributed by atoms with van der Waals surface area (Å²) in [6.45, 7) is 3.07. The lowest BCUT2D eigenvalue weighted by atomic mass is 9.71. The lowest BCUT2D eigenvalue weighted by Gasteiger charge is -2.48. The molecule has 2 aromatic rings. The van der Waals surface area contributed by atoms with Gasteiger partial charge in [-0.05, 0) is 24.6 Å². The number of hydrogen-bond acceptors (Lipinski definition) is 2. The second kappa shape index (κ2) is 5.63. The maximum atomic E-state index is 11.3. The van der Waals surface area contributed by atoms with Crippen molar-refractivity contribution < 1.29 is 5.11 Å². The maximum Gasteiger partial charge on any atom is 0.0952 e. The molecule has 1 aliphatic heterocycles. The van der Waals surface area contributed by atoms with Gasteiger partial charge in [-0.15, -0.1) is 0 Å². The Kier molecular flexibility index (Phi) is 3.83. The van der Waals surface area contributed by atoms with Crippen molar-refractivity contribution in [2.75, 3.05) is 13.6 Å². The number of piperidine rings is 1. The Labute approximate surface area is 127 Å². The third kappa shape index (κ3) is 2.50. The molecular weight excluding hydrogens is 258 g/mol. The summed E-state index contributed by atoms with van der Waals surface area (Å²) in [4.78, 5) is 2.36. The van der Waals surface area contributed by atoms with Gasteiger partial charge in [0.15, 0.2) is 0 Å². The summed E-state index contributed by atoms with van der Waals surface area (Å²) >= 11 is 0. The largest absolute Gasteiger partial charge is 0.385 e. The van der Waals surface area contributed by atoms with Crippen LogP contribution < -0.4 is 0 Å². The van der Waals surface area contributed by atoms with Crippen molar-refractivity contribution >= 4 is 0 Å². The highest BCUT2D eigenvalue weighted by Gasteiger charge is 2.45. The van der Waals surface area contributed by atoms with Crippen molar-refractivity contribution in [1.29, 1.82) is 0 Å². The average Bonchev–Trinajstić information content (AvgIpc) is 2.53. The van der Waals surface area contributed by atoms with Crippen LogP contribution in [0.3, 0.4) is 0 Å². The smallest absolute Gasteiger partial charge is 0.0952 e. The fourth-order valence-corrected chi connectivity index (χ4v) is 3.68.